The number of furan rings is 1. The van der Waals surface area contributed by atoms with Gasteiger partial charge in [0, 0.05) is 30.9 Å². The number of rotatable bonds is 4. The standard InChI is InChI=1S/C25H22N2O5/c1-14-3-5-20(31-14)22-21(23(28)17-4-6-19-18(12-17)11-15(2)32-19)24(29)25(30)27(22)13-16-7-9-26-10-8-16/h3-10,12,15,22,28H,11,13H2,1-2H3/t15-,22-/m0/s1. The van der Waals surface area contributed by atoms with E-state index in [1.54, 1.807) is 55.7 Å². The molecule has 7 nitrogen and oxygen atoms in total. The zero-order chi connectivity index (χ0) is 22.4. The second kappa shape index (κ2) is 7.67. The highest BCUT2D eigenvalue weighted by Gasteiger charge is 2.47. The average Bonchev–Trinajstić information content (AvgIpc) is 3.44. The number of nitrogens with zero attached hydrogens (tertiary/aromatic N) is 2. The molecule has 1 saturated heterocycles. The Morgan fingerprint density at radius 2 is 1.94 bits per heavy atom. The van der Waals surface area contributed by atoms with E-state index in [4.69, 9.17) is 9.15 Å². The number of amides is 1. The number of fused-ring (bicyclic) bond motifs is 1. The third-order valence-corrected chi connectivity index (χ3v) is 5.84. The van der Waals surface area contributed by atoms with Crippen LogP contribution in [0.4, 0.5) is 0 Å². The molecular formula is C25H22N2O5. The van der Waals surface area contributed by atoms with Crippen LogP contribution >= 0.6 is 0 Å². The highest BCUT2D eigenvalue weighted by atomic mass is 16.5. The van der Waals surface area contributed by atoms with E-state index in [2.05, 4.69) is 4.98 Å². The van der Waals surface area contributed by atoms with Crippen LogP contribution in [0.5, 0.6) is 5.75 Å². The van der Waals surface area contributed by atoms with Crippen molar-refractivity contribution in [3.05, 3.63) is 88.6 Å². The summed E-state index contributed by atoms with van der Waals surface area (Å²) in [5, 5.41) is 11.2. The van der Waals surface area contributed by atoms with E-state index in [1.807, 2.05) is 13.0 Å². The number of aromatic nitrogens is 1. The first-order valence-corrected chi connectivity index (χ1v) is 10.5. The average molecular weight is 430 g/mol. The van der Waals surface area contributed by atoms with Gasteiger partial charge in [0.25, 0.3) is 11.7 Å². The number of pyridine rings is 1. The van der Waals surface area contributed by atoms with Crippen molar-refractivity contribution in [2.75, 3.05) is 0 Å². The van der Waals surface area contributed by atoms with E-state index >= 15 is 0 Å². The number of aryl methyl sites for hydroxylation is 1. The van der Waals surface area contributed by atoms with Gasteiger partial charge in [0.2, 0.25) is 0 Å². The lowest BCUT2D eigenvalue weighted by Gasteiger charge is -2.23. The van der Waals surface area contributed by atoms with Crippen LogP contribution in [0.1, 0.15) is 41.2 Å². The summed E-state index contributed by atoms with van der Waals surface area (Å²) in [5.74, 6) is 0.210. The van der Waals surface area contributed by atoms with Crippen LogP contribution in [0, 0.1) is 6.92 Å². The molecule has 3 aromatic rings. The van der Waals surface area contributed by atoms with Crippen molar-refractivity contribution in [2.24, 2.45) is 0 Å². The Morgan fingerprint density at radius 3 is 2.66 bits per heavy atom. The molecule has 4 heterocycles. The molecule has 0 saturated carbocycles. The first-order chi connectivity index (χ1) is 15.4. The molecule has 2 atom stereocenters. The minimum absolute atomic E-state index is 0.0188. The van der Waals surface area contributed by atoms with Gasteiger partial charge in [-0.1, -0.05) is 0 Å². The number of carbonyl (C=O) groups is 2. The van der Waals surface area contributed by atoms with E-state index in [0.717, 1.165) is 16.9 Å². The lowest BCUT2D eigenvalue weighted by molar-refractivity contribution is -0.140. The summed E-state index contributed by atoms with van der Waals surface area (Å²) in [6.45, 7) is 3.95. The van der Waals surface area contributed by atoms with Gasteiger partial charge >= 0.3 is 0 Å². The van der Waals surface area contributed by atoms with E-state index in [-0.39, 0.29) is 24.0 Å². The molecule has 1 amide bonds. The van der Waals surface area contributed by atoms with Crippen molar-refractivity contribution < 1.29 is 23.8 Å². The smallest absolute Gasteiger partial charge is 0.296 e. The fourth-order valence-electron chi connectivity index (χ4n) is 4.35. The molecule has 2 aromatic heterocycles. The molecule has 0 bridgehead atoms. The molecule has 1 N–H and O–H groups in total. The van der Waals surface area contributed by atoms with Crippen LogP contribution in [0.2, 0.25) is 0 Å². The van der Waals surface area contributed by atoms with Crippen LogP contribution in [-0.2, 0) is 22.6 Å². The van der Waals surface area contributed by atoms with Crippen molar-refractivity contribution in [1.29, 1.82) is 0 Å². The zero-order valence-electron chi connectivity index (χ0n) is 17.7. The number of carbonyl (C=O) groups excluding carboxylic acids is 2. The SMILES string of the molecule is Cc1ccc([C@H]2C(=C(O)c3ccc4c(c3)C[C@H](C)O4)C(=O)C(=O)N2Cc2ccncc2)o1. The Labute approximate surface area is 184 Å². The summed E-state index contributed by atoms with van der Waals surface area (Å²) in [6.07, 6.45) is 4.03. The van der Waals surface area contributed by atoms with E-state index < -0.39 is 17.7 Å². The lowest BCUT2D eigenvalue weighted by Crippen LogP contribution is -2.29. The molecule has 162 valence electrons. The molecule has 0 unspecified atom stereocenters. The fourth-order valence-corrected chi connectivity index (χ4v) is 4.35. The Bertz CT molecular complexity index is 1240. The summed E-state index contributed by atoms with van der Waals surface area (Å²) < 4.78 is 11.5. The van der Waals surface area contributed by atoms with Crippen molar-refractivity contribution in [3.63, 3.8) is 0 Å². The number of likely N-dealkylation sites (tertiary alicyclic amines) is 1. The Balaban J connectivity index is 1.62. The Hall–Kier alpha value is -3.87. The Morgan fingerprint density at radius 1 is 1.16 bits per heavy atom. The van der Waals surface area contributed by atoms with Crippen LogP contribution in [0.15, 0.2) is 64.8 Å². The summed E-state index contributed by atoms with van der Waals surface area (Å²) in [5.41, 5.74) is 2.26. The summed E-state index contributed by atoms with van der Waals surface area (Å²) in [7, 11) is 0. The Kier molecular flexibility index (Phi) is 4.81. The topological polar surface area (TPSA) is 92.9 Å². The molecule has 0 radical (unpaired) electrons. The van der Waals surface area contributed by atoms with Gasteiger partial charge in [0.1, 0.15) is 35.2 Å². The maximum absolute atomic E-state index is 13.1. The van der Waals surface area contributed by atoms with E-state index in [9.17, 15) is 14.7 Å². The first-order valence-electron chi connectivity index (χ1n) is 10.5. The van der Waals surface area contributed by atoms with Crippen LogP contribution in [0.3, 0.4) is 0 Å². The van der Waals surface area contributed by atoms with Gasteiger partial charge in [-0.3, -0.25) is 14.6 Å². The number of Topliss-reactive ketones (excluding diaryl/α,β-unsaturated/α-hetero) is 1. The number of ketones is 1. The molecule has 2 aliphatic heterocycles. The van der Waals surface area contributed by atoms with Crippen molar-refractivity contribution >= 4 is 17.4 Å². The lowest BCUT2D eigenvalue weighted by atomic mass is 9.97. The quantitative estimate of drug-likeness (QED) is 0.383. The normalized spacial score (nSPS) is 21.6. The maximum Gasteiger partial charge on any atom is 0.296 e. The molecule has 0 aliphatic carbocycles. The van der Waals surface area contributed by atoms with Gasteiger partial charge in [0.05, 0.1) is 5.57 Å². The van der Waals surface area contributed by atoms with Crippen LogP contribution < -0.4 is 4.74 Å². The number of aliphatic hydroxyl groups is 1. The van der Waals surface area contributed by atoms with Gasteiger partial charge in [-0.15, -0.1) is 0 Å². The van der Waals surface area contributed by atoms with Gasteiger partial charge < -0.3 is 19.2 Å². The van der Waals surface area contributed by atoms with E-state index in [0.29, 0.717) is 23.5 Å². The van der Waals surface area contributed by atoms with Gasteiger partial charge in [0.15, 0.2) is 0 Å². The largest absolute Gasteiger partial charge is 0.507 e. The monoisotopic (exact) mass is 430 g/mol. The van der Waals surface area contributed by atoms with Crippen LogP contribution in [-0.4, -0.2) is 32.8 Å². The third kappa shape index (κ3) is 3.36. The number of hydrogen-bond donors (Lipinski definition) is 1. The second-order valence-corrected chi connectivity index (χ2v) is 8.19. The van der Waals surface area contributed by atoms with Crippen LogP contribution in [0.25, 0.3) is 5.76 Å². The van der Waals surface area contributed by atoms with Gasteiger partial charge in [-0.2, -0.15) is 0 Å². The summed E-state index contributed by atoms with van der Waals surface area (Å²) in [6, 6.07) is 11.5. The molecule has 7 heteroatoms. The zero-order valence-corrected chi connectivity index (χ0v) is 17.7. The molecule has 5 rings (SSSR count). The molecular weight excluding hydrogens is 408 g/mol. The number of benzene rings is 1. The minimum Gasteiger partial charge on any atom is -0.507 e. The minimum atomic E-state index is -0.833. The van der Waals surface area contributed by atoms with E-state index in [1.165, 1.54) is 4.90 Å². The molecule has 32 heavy (non-hydrogen) atoms. The first kappa shape index (κ1) is 20.1. The summed E-state index contributed by atoms with van der Waals surface area (Å²) in [4.78, 5) is 31.6. The maximum atomic E-state index is 13.1. The van der Waals surface area contributed by atoms with Gasteiger partial charge in [-0.05, 0) is 67.4 Å². The van der Waals surface area contributed by atoms with Crippen molar-refractivity contribution in [2.45, 2.75) is 39.0 Å². The second-order valence-electron chi connectivity index (χ2n) is 8.19. The molecule has 0 spiro atoms. The molecule has 2 aliphatic rings. The number of aliphatic hydroxyl groups excluding tert-OH is 1. The number of hydrogen-bond acceptors (Lipinski definition) is 6. The highest BCUT2D eigenvalue weighted by Crippen LogP contribution is 2.41. The van der Waals surface area contributed by atoms with Crippen molar-refractivity contribution in [1.82, 2.24) is 9.88 Å². The third-order valence-electron chi connectivity index (χ3n) is 5.84. The number of ether oxygens (including phenoxy) is 1. The summed E-state index contributed by atoms with van der Waals surface area (Å²) >= 11 is 0. The predicted octanol–water partition coefficient (Wildman–Crippen LogP) is 3.93. The highest BCUT2D eigenvalue weighted by molar-refractivity contribution is 6.46. The predicted molar refractivity (Wildman–Crippen MR) is 116 cm³/mol. The molecule has 1 aromatic carbocycles. The molecule has 1 fully saturated rings. The van der Waals surface area contributed by atoms with Gasteiger partial charge in [-0.25, -0.2) is 0 Å². The van der Waals surface area contributed by atoms with Crippen molar-refractivity contribution in [3.8, 4) is 5.75 Å². The fraction of sp³-hybridized carbons (Fsp3) is 0.240.